The van der Waals surface area contributed by atoms with E-state index in [1.807, 2.05) is 0 Å². The Hall–Kier alpha value is -0.500. The van der Waals surface area contributed by atoms with Gasteiger partial charge in [-0.05, 0) is 19.4 Å². The molecule has 0 saturated heterocycles. The Labute approximate surface area is 43.1 Å². The van der Waals surface area contributed by atoms with Crippen molar-refractivity contribution < 1.29 is 10.2 Å². The number of aliphatic hydroxyl groups is 1. The van der Waals surface area contributed by atoms with E-state index in [9.17, 15) is 5.11 Å². The molecule has 0 fully saturated rings. The van der Waals surface area contributed by atoms with Crippen LogP contribution in [0.1, 0.15) is 13.3 Å². The Morgan fingerprint density at radius 1 is 1.86 bits per heavy atom. The first-order valence-corrected chi connectivity index (χ1v) is 2.22. The SMILES string of the molecule is CC(O)CC=C[O]. The predicted octanol–water partition coefficient (Wildman–Crippen LogP) is 0.702. The third-order valence-corrected chi connectivity index (χ3v) is 0.573. The van der Waals surface area contributed by atoms with Crippen molar-refractivity contribution in [3.05, 3.63) is 12.3 Å². The molecule has 0 aliphatic rings. The molecule has 0 aliphatic heterocycles. The van der Waals surface area contributed by atoms with Crippen LogP contribution in [0.15, 0.2) is 12.3 Å². The van der Waals surface area contributed by atoms with Gasteiger partial charge in [0.1, 0.15) is 6.26 Å². The number of hydrogen-bond donors (Lipinski definition) is 1. The first-order chi connectivity index (χ1) is 3.27. The summed E-state index contributed by atoms with van der Waals surface area (Å²) in [5.41, 5.74) is 0. The van der Waals surface area contributed by atoms with Crippen molar-refractivity contribution in [1.82, 2.24) is 0 Å². The molecule has 0 rings (SSSR count). The number of hydrogen-bond acceptors (Lipinski definition) is 1. The van der Waals surface area contributed by atoms with Crippen LogP contribution in [0.2, 0.25) is 0 Å². The summed E-state index contributed by atoms with van der Waals surface area (Å²) in [6.07, 6.45) is 2.16. The molecule has 2 nitrogen and oxygen atoms in total. The fourth-order valence-electron chi connectivity index (χ4n) is 0.252. The summed E-state index contributed by atoms with van der Waals surface area (Å²) in [7, 11) is 0. The third kappa shape index (κ3) is 5.50. The van der Waals surface area contributed by atoms with E-state index in [1.54, 1.807) is 6.92 Å². The first kappa shape index (κ1) is 6.50. The van der Waals surface area contributed by atoms with E-state index in [2.05, 4.69) is 0 Å². The van der Waals surface area contributed by atoms with Crippen molar-refractivity contribution in [2.75, 3.05) is 0 Å². The molecule has 0 heterocycles. The van der Waals surface area contributed by atoms with Gasteiger partial charge in [0.05, 0.1) is 6.10 Å². The lowest BCUT2D eigenvalue weighted by molar-refractivity contribution is 0.197. The second-order valence-corrected chi connectivity index (χ2v) is 1.46. The van der Waals surface area contributed by atoms with Crippen molar-refractivity contribution in [3.63, 3.8) is 0 Å². The van der Waals surface area contributed by atoms with E-state index in [0.29, 0.717) is 12.7 Å². The average molecular weight is 101 g/mol. The quantitative estimate of drug-likeness (QED) is 0.511. The highest BCUT2D eigenvalue weighted by Crippen LogP contribution is 1.88. The van der Waals surface area contributed by atoms with Crippen LogP contribution >= 0.6 is 0 Å². The summed E-state index contributed by atoms with van der Waals surface area (Å²) in [4.78, 5) is 0. The fraction of sp³-hybridized carbons (Fsp3) is 0.600. The molecule has 0 bridgehead atoms. The maximum Gasteiger partial charge on any atom is 0.138 e. The second-order valence-electron chi connectivity index (χ2n) is 1.46. The summed E-state index contributed by atoms with van der Waals surface area (Å²) in [5, 5.41) is 18.0. The van der Waals surface area contributed by atoms with Gasteiger partial charge in [0.2, 0.25) is 0 Å². The topological polar surface area (TPSA) is 40.1 Å². The highest BCUT2D eigenvalue weighted by Gasteiger charge is 1.86. The van der Waals surface area contributed by atoms with Crippen molar-refractivity contribution in [3.8, 4) is 0 Å². The Balaban J connectivity index is 2.97. The van der Waals surface area contributed by atoms with Gasteiger partial charge >= 0.3 is 0 Å². The molecular formula is C5H9O2. The van der Waals surface area contributed by atoms with E-state index in [4.69, 9.17) is 5.11 Å². The molecule has 0 amide bonds. The van der Waals surface area contributed by atoms with Crippen molar-refractivity contribution in [2.24, 2.45) is 0 Å². The highest BCUT2D eigenvalue weighted by atomic mass is 16.3. The van der Waals surface area contributed by atoms with Crippen LogP contribution < -0.4 is 0 Å². The minimum Gasteiger partial charge on any atom is -0.393 e. The van der Waals surface area contributed by atoms with Crippen LogP contribution in [-0.2, 0) is 5.11 Å². The minimum atomic E-state index is -0.384. The maximum atomic E-state index is 9.54. The van der Waals surface area contributed by atoms with Gasteiger partial charge in [-0.15, -0.1) is 0 Å². The van der Waals surface area contributed by atoms with E-state index in [0.717, 1.165) is 0 Å². The standard InChI is InChI=1S/C5H9O2/c1-5(7)3-2-4-6/h2,4-5,7H,3H2,1H3. The maximum absolute atomic E-state index is 9.54. The average Bonchev–Trinajstić information content (AvgIpc) is 1.61. The molecule has 0 aliphatic carbocycles. The highest BCUT2D eigenvalue weighted by molar-refractivity contribution is 4.73. The third-order valence-electron chi connectivity index (χ3n) is 0.573. The molecule has 41 valence electrons. The van der Waals surface area contributed by atoms with E-state index in [-0.39, 0.29) is 6.10 Å². The van der Waals surface area contributed by atoms with E-state index in [1.165, 1.54) is 6.08 Å². The van der Waals surface area contributed by atoms with Crippen LogP contribution in [0.4, 0.5) is 0 Å². The Morgan fingerprint density at radius 3 is 2.57 bits per heavy atom. The summed E-state index contributed by atoms with van der Waals surface area (Å²) < 4.78 is 0. The van der Waals surface area contributed by atoms with Crippen LogP contribution in [0.25, 0.3) is 0 Å². The van der Waals surface area contributed by atoms with Gasteiger partial charge in [-0.2, -0.15) is 0 Å². The normalized spacial score (nSPS) is 15.1. The molecule has 0 spiro atoms. The molecule has 0 aromatic carbocycles. The van der Waals surface area contributed by atoms with Crippen LogP contribution in [0.5, 0.6) is 0 Å². The first-order valence-electron chi connectivity index (χ1n) is 2.22. The monoisotopic (exact) mass is 101 g/mol. The van der Waals surface area contributed by atoms with Gasteiger partial charge in [0, 0.05) is 0 Å². The Bertz CT molecular complexity index is 57.1. The molecule has 7 heavy (non-hydrogen) atoms. The molecular weight excluding hydrogens is 92.1 g/mol. The number of aliphatic hydroxyl groups excluding tert-OH is 1. The molecule has 0 aromatic heterocycles. The van der Waals surface area contributed by atoms with E-state index < -0.39 is 0 Å². The summed E-state index contributed by atoms with van der Waals surface area (Å²) in [6, 6.07) is 0. The van der Waals surface area contributed by atoms with Crippen molar-refractivity contribution in [1.29, 1.82) is 0 Å². The Morgan fingerprint density at radius 2 is 2.43 bits per heavy atom. The molecule has 0 aromatic rings. The largest absolute Gasteiger partial charge is 0.393 e. The zero-order chi connectivity index (χ0) is 5.70. The number of rotatable bonds is 2. The lowest BCUT2D eigenvalue weighted by Crippen LogP contribution is -1.94. The van der Waals surface area contributed by atoms with E-state index >= 15 is 0 Å². The van der Waals surface area contributed by atoms with Crippen LogP contribution in [0, 0.1) is 0 Å². The zero-order valence-electron chi connectivity index (χ0n) is 4.29. The molecule has 1 atom stereocenters. The Kier molecular flexibility index (Phi) is 3.42. The zero-order valence-corrected chi connectivity index (χ0v) is 4.29. The van der Waals surface area contributed by atoms with Crippen molar-refractivity contribution >= 4 is 0 Å². The van der Waals surface area contributed by atoms with Gasteiger partial charge in [0.25, 0.3) is 0 Å². The van der Waals surface area contributed by atoms with Crippen LogP contribution in [0.3, 0.4) is 0 Å². The van der Waals surface area contributed by atoms with Gasteiger partial charge < -0.3 is 5.11 Å². The van der Waals surface area contributed by atoms with Gasteiger partial charge in [0.15, 0.2) is 0 Å². The predicted molar refractivity (Wildman–Crippen MR) is 26.1 cm³/mol. The van der Waals surface area contributed by atoms with Gasteiger partial charge in [-0.25, -0.2) is 0 Å². The molecule has 2 heteroatoms. The molecule has 1 unspecified atom stereocenters. The smallest absolute Gasteiger partial charge is 0.138 e. The summed E-state index contributed by atoms with van der Waals surface area (Å²) in [5.74, 6) is 0. The lowest BCUT2D eigenvalue weighted by Gasteiger charge is -1.92. The van der Waals surface area contributed by atoms with Crippen LogP contribution in [-0.4, -0.2) is 11.2 Å². The summed E-state index contributed by atoms with van der Waals surface area (Å²) >= 11 is 0. The fourth-order valence-corrected chi connectivity index (χ4v) is 0.252. The summed E-state index contributed by atoms with van der Waals surface area (Å²) in [6.45, 7) is 1.64. The van der Waals surface area contributed by atoms with Gasteiger partial charge in [-0.1, -0.05) is 0 Å². The molecule has 1 N–H and O–H groups in total. The lowest BCUT2D eigenvalue weighted by atomic mass is 10.3. The minimum absolute atomic E-state index is 0.384. The molecule has 1 radical (unpaired) electrons. The van der Waals surface area contributed by atoms with Gasteiger partial charge in [-0.3, -0.25) is 5.11 Å². The molecule has 0 saturated carbocycles. The van der Waals surface area contributed by atoms with Crippen molar-refractivity contribution in [2.45, 2.75) is 19.4 Å². The second kappa shape index (κ2) is 3.68.